The first-order valence-corrected chi connectivity index (χ1v) is 9.36. The zero-order chi connectivity index (χ0) is 18.0. The van der Waals surface area contributed by atoms with Gasteiger partial charge in [0.1, 0.15) is 0 Å². The standard InChI is InChI=1S/C20H30N2O3/c1-20(2,25)14-21-11-9-18(10-12-21)22(13-15-3-4-15)17-7-5-16(6-8-17)19(23)24/h5-8,15,18,25H,3-4,9-14H2,1-2H3,(H,23,24). The number of hydrogen-bond acceptors (Lipinski definition) is 4. The van der Waals surface area contributed by atoms with Crippen LogP contribution in [-0.4, -0.2) is 58.9 Å². The molecule has 3 rings (SSSR count). The molecule has 1 heterocycles. The average Bonchev–Trinajstić information content (AvgIpc) is 3.36. The predicted molar refractivity (Wildman–Crippen MR) is 99.2 cm³/mol. The molecule has 0 radical (unpaired) electrons. The number of benzene rings is 1. The maximum Gasteiger partial charge on any atom is 0.335 e. The van der Waals surface area contributed by atoms with Gasteiger partial charge in [-0.15, -0.1) is 0 Å². The third-order valence-electron chi connectivity index (χ3n) is 5.21. The zero-order valence-electron chi connectivity index (χ0n) is 15.3. The predicted octanol–water partition coefficient (Wildman–Crippen LogP) is 2.84. The highest BCUT2D eigenvalue weighted by molar-refractivity contribution is 5.88. The maximum absolute atomic E-state index is 11.1. The van der Waals surface area contributed by atoms with Crippen LogP contribution >= 0.6 is 0 Å². The van der Waals surface area contributed by atoms with Gasteiger partial charge >= 0.3 is 5.97 Å². The number of carboxylic acid groups (broad SMARTS) is 1. The van der Waals surface area contributed by atoms with Crippen molar-refractivity contribution < 1.29 is 15.0 Å². The number of piperidine rings is 1. The fourth-order valence-electron chi connectivity index (χ4n) is 3.78. The van der Waals surface area contributed by atoms with Gasteiger partial charge in [-0.3, -0.25) is 0 Å². The SMILES string of the molecule is CC(C)(O)CN1CCC(N(CC2CC2)c2ccc(C(=O)O)cc2)CC1. The molecule has 2 fully saturated rings. The number of carbonyl (C=O) groups is 1. The van der Waals surface area contributed by atoms with Crippen LogP contribution in [0.5, 0.6) is 0 Å². The number of rotatable bonds is 7. The summed E-state index contributed by atoms with van der Waals surface area (Å²) in [4.78, 5) is 15.9. The molecule has 0 aromatic heterocycles. The molecule has 1 saturated heterocycles. The summed E-state index contributed by atoms with van der Waals surface area (Å²) in [6, 6.07) is 7.82. The van der Waals surface area contributed by atoms with Crippen LogP contribution in [0.1, 0.15) is 49.9 Å². The van der Waals surface area contributed by atoms with Crippen LogP contribution in [0.3, 0.4) is 0 Å². The fraction of sp³-hybridized carbons (Fsp3) is 0.650. The van der Waals surface area contributed by atoms with Crippen LogP contribution < -0.4 is 4.90 Å². The molecule has 1 aliphatic heterocycles. The van der Waals surface area contributed by atoms with Crippen molar-refractivity contribution in [2.75, 3.05) is 31.1 Å². The van der Waals surface area contributed by atoms with Crippen molar-refractivity contribution in [2.45, 2.75) is 51.2 Å². The van der Waals surface area contributed by atoms with E-state index in [0.717, 1.165) is 50.6 Å². The van der Waals surface area contributed by atoms with E-state index in [9.17, 15) is 9.90 Å². The second-order valence-corrected chi connectivity index (χ2v) is 8.27. The Labute approximate surface area is 150 Å². The van der Waals surface area contributed by atoms with E-state index in [-0.39, 0.29) is 0 Å². The second kappa shape index (κ2) is 7.34. The first kappa shape index (κ1) is 18.2. The largest absolute Gasteiger partial charge is 0.478 e. The van der Waals surface area contributed by atoms with E-state index in [0.29, 0.717) is 11.6 Å². The molecular formula is C20H30N2O3. The molecule has 1 aliphatic carbocycles. The highest BCUT2D eigenvalue weighted by atomic mass is 16.4. The molecule has 0 bridgehead atoms. The normalized spacial score (nSPS) is 19.8. The van der Waals surface area contributed by atoms with E-state index in [2.05, 4.69) is 9.80 Å². The highest BCUT2D eigenvalue weighted by Crippen LogP contribution is 2.34. The molecule has 0 atom stereocenters. The van der Waals surface area contributed by atoms with Gasteiger partial charge in [-0.25, -0.2) is 4.79 Å². The quantitative estimate of drug-likeness (QED) is 0.795. The first-order chi connectivity index (χ1) is 11.8. The molecule has 138 valence electrons. The number of carboxylic acids is 1. The lowest BCUT2D eigenvalue weighted by molar-refractivity contribution is 0.0280. The Hall–Kier alpha value is -1.59. The van der Waals surface area contributed by atoms with Crippen LogP contribution in [0.25, 0.3) is 0 Å². The van der Waals surface area contributed by atoms with Gasteiger partial charge in [-0.2, -0.15) is 0 Å². The van der Waals surface area contributed by atoms with Gasteiger partial charge in [0.05, 0.1) is 11.2 Å². The molecule has 0 unspecified atom stereocenters. The van der Waals surface area contributed by atoms with Gasteiger partial charge in [-0.1, -0.05) is 0 Å². The van der Waals surface area contributed by atoms with E-state index in [4.69, 9.17) is 5.11 Å². The Morgan fingerprint density at radius 1 is 1.16 bits per heavy atom. The summed E-state index contributed by atoms with van der Waals surface area (Å²) in [5, 5.41) is 19.1. The van der Waals surface area contributed by atoms with Gasteiger partial charge in [0.25, 0.3) is 0 Å². The second-order valence-electron chi connectivity index (χ2n) is 8.27. The van der Waals surface area contributed by atoms with Crippen LogP contribution in [0.2, 0.25) is 0 Å². The van der Waals surface area contributed by atoms with E-state index < -0.39 is 11.6 Å². The van der Waals surface area contributed by atoms with Crippen molar-refractivity contribution >= 4 is 11.7 Å². The summed E-state index contributed by atoms with van der Waals surface area (Å²) in [6.07, 6.45) is 4.79. The smallest absolute Gasteiger partial charge is 0.335 e. The number of hydrogen-bond donors (Lipinski definition) is 2. The molecule has 1 aromatic rings. The van der Waals surface area contributed by atoms with Crippen molar-refractivity contribution in [3.8, 4) is 0 Å². The summed E-state index contributed by atoms with van der Waals surface area (Å²) in [7, 11) is 0. The molecule has 1 aromatic carbocycles. The molecule has 0 spiro atoms. The third kappa shape index (κ3) is 5.19. The summed E-state index contributed by atoms with van der Waals surface area (Å²) < 4.78 is 0. The average molecular weight is 346 g/mol. The van der Waals surface area contributed by atoms with E-state index in [1.54, 1.807) is 12.1 Å². The lowest BCUT2D eigenvalue weighted by Gasteiger charge is -2.41. The zero-order valence-corrected chi connectivity index (χ0v) is 15.3. The van der Waals surface area contributed by atoms with Crippen molar-refractivity contribution in [3.63, 3.8) is 0 Å². The number of aromatic carboxylic acids is 1. The Balaban J connectivity index is 1.66. The number of nitrogens with zero attached hydrogens (tertiary/aromatic N) is 2. The molecule has 0 amide bonds. The van der Waals surface area contributed by atoms with Crippen LogP contribution in [0, 0.1) is 5.92 Å². The minimum atomic E-state index is -0.875. The fourth-order valence-corrected chi connectivity index (χ4v) is 3.78. The summed E-state index contributed by atoms with van der Waals surface area (Å²) in [5.74, 6) is -0.0891. The molecule has 25 heavy (non-hydrogen) atoms. The van der Waals surface area contributed by atoms with Gasteiger partial charge in [0, 0.05) is 37.9 Å². The van der Waals surface area contributed by atoms with E-state index >= 15 is 0 Å². The monoisotopic (exact) mass is 346 g/mol. The Morgan fingerprint density at radius 2 is 1.76 bits per heavy atom. The minimum absolute atomic E-state index is 0.343. The van der Waals surface area contributed by atoms with Crippen molar-refractivity contribution in [1.82, 2.24) is 4.90 Å². The Kier molecular flexibility index (Phi) is 5.35. The van der Waals surface area contributed by atoms with E-state index in [1.165, 1.54) is 12.8 Å². The maximum atomic E-state index is 11.1. The van der Waals surface area contributed by atoms with Crippen molar-refractivity contribution in [1.29, 1.82) is 0 Å². The van der Waals surface area contributed by atoms with Gasteiger partial charge < -0.3 is 20.0 Å². The first-order valence-electron chi connectivity index (χ1n) is 9.36. The molecule has 1 saturated carbocycles. The number of β-amino-alcohol motifs (C(OH)–C–C–N with tert-alkyl or cyclic N) is 1. The Morgan fingerprint density at radius 3 is 2.24 bits per heavy atom. The summed E-state index contributed by atoms with van der Waals surface area (Å²) >= 11 is 0. The van der Waals surface area contributed by atoms with Gasteiger partial charge in [-0.05, 0) is 69.7 Å². The molecular weight excluding hydrogens is 316 g/mol. The molecule has 2 aliphatic rings. The summed E-state index contributed by atoms with van der Waals surface area (Å²) in [6.45, 7) is 7.52. The minimum Gasteiger partial charge on any atom is -0.478 e. The topological polar surface area (TPSA) is 64.0 Å². The highest BCUT2D eigenvalue weighted by Gasteiger charge is 2.31. The van der Waals surface area contributed by atoms with E-state index in [1.807, 2.05) is 26.0 Å². The number of likely N-dealkylation sites (tertiary alicyclic amines) is 1. The molecule has 5 nitrogen and oxygen atoms in total. The molecule has 2 N–H and O–H groups in total. The summed E-state index contributed by atoms with van der Waals surface area (Å²) in [5.41, 5.74) is 0.834. The number of aliphatic hydroxyl groups is 1. The van der Waals surface area contributed by atoms with Crippen LogP contribution in [-0.2, 0) is 0 Å². The Bertz CT molecular complexity index is 582. The van der Waals surface area contributed by atoms with Crippen molar-refractivity contribution in [3.05, 3.63) is 29.8 Å². The van der Waals surface area contributed by atoms with Gasteiger partial charge in [0.2, 0.25) is 0 Å². The van der Waals surface area contributed by atoms with Gasteiger partial charge in [0.15, 0.2) is 0 Å². The lowest BCUT2D eigenvalue weighted by Crippen LogP contribution is -2.49. The lowest BCUT2D eigenvalue weighted by atomic mass is 9.99. The third-order valence-corrected chi connectivity index (χ3v) is 5.21. The number of anilines is 1. The van der Waals surface area contributed by atoms with Crippen LogP contribution in [0.4, 0.5) is 5.69 Å². The van der Waals surface area contributed by atoms with Crippen LogP contribution in [0.15, 0.2) is 24.3 Å². The van der Waals surface area contributed by atoms with Crippen molar-refractivity contribution in [2.24, 2.45) is 5.92 Å². The molecule has 5 heteroatoms.